The van der Waals surface area contributed by atoms with Gasteiger partial charge in [0, 0.05) is 26.2 Å². The third kappa shape index (κ3) is 21.1. The Balaban J connectivity index is -0.000000960. The van der Waals surface area contributed by atoms with Crippen molar-refractivity contribution in [2.75, 3.05) is 39.3 Å². The Morgan fingerprint density at radius 1 is 0.607 bits per heavy atom. The standard InChI is InChI=1S/C16H44N4O2Si3.3CH4/c1-23(2,15-7-11-19-13-9-17)21-25(5,6)22-24(3,4)16-8-12-20-14-10-18;;;/h19-20H,7-18H2,1-6H3;3*1H4. The summed E-state index contributed by atoms with van der Waals surface area (Å²) < 4.78 is 13.2. The van der Waals surface area contributed by atoms with Gasteiger partial charge in [0.2, 0.25) is 0 Å². The number of nitrogens with one attached hydrogen (secondary N) is 2. The van der Waals surface area contributed by atoms with Crippen molar-refractivity contribution >= 4 is 25.2 Å². The van der Waals surface area contributed by atoms with E-state index < -0.39 is 25.2 Å². The third-order valence-electron chi connectivity index (χ3n) is 3.95. The average molecular weight is 457 g/mol. The molecule has 0 aromatic heterocycles. The number of hydrogen-bond donors (Lipinski definition) is 4. The van der Waals surface area contributed by atoms with Crippen LogP contribution in [0.25, 0.3) is 0 Å². The van der Waals surface area contributed by atoms with Gasteiger partial charge in [0.1, 0.15) is 0 Å². The Hall–Kier alpha value is 0.411. The smallest absolute Gasteiger partial charge is 0.311 e. The van der Waals surface area contributed by atoms with Crippen LogP contribution in [0.3, 0.4) is 0 Å². The molecule has 0 unspecified atom stereocenters. The van der Waals surface area contributed by atoms with Gasteiger partial charge in [-0.15, -0.1) is 0 Å². The molecule has 0 aliphatic rings. The molecule has 6 nitrogen and oxygen atoms in total. The largest absolute Gasteiger partial charge is 0.437 e. The molecule has 0 radical (unpaired) electrons. The highest BCUT2D eigenvalue weighted by molar-refractivity contribution is 6.87. The van der Waals surface area contributed by atoms with Crippen LogP contribution < -0.4 is 22.1 Å². The molecule has 0 saturated carbocycles. The molecule has 0 fully saturated rings. The first-order chi connectivity index (χ1) is 11.5. The molecule has 0 amide bonds. The topological polar surface area (TPSA) is 94.6 Å². The van der Waals surface area contributed by atoms with Gasteiger partial charge in [-0.05, 0) is 77.3 Å². The molecule has 0 bridgehead atoms. The zero-order chi connectivity index (χ0) is 19.4. The number of rotatable bonds is 16. The van der Waals surface area contributed by atoms with Crippen molar-refractivity contribution in [1.82, 2.24) is 10.6 Å². The summed E-state index contributed by atoms with van der Waals surface area (Å²) in [7, 11) is -5.45. The van der Waals surface area contributed by atoms with Crippen LogP contribution in [0.2, 0.25) is 51.4 Å². The van der Waals surface area contributed by atoms with Gasteiger partial charge in [0.25, 0.3) is 0 Å². The lowest BCUT2D eigenvalue weighted by Crippen LogP contribution is -2.52. The number of hydrogen-bond acceptors (Lipinski definition) is 6. The van der Waals surface area contributed by atoms with Gasteiger partial charge in [-0.1, -0.05) is 22.3 Å². The summed E-state index contributed by atoms with van der Waals surface area (Å²) in [6.07, 6.45) is 2.30. The Labute approximate surface area is 181 Å². The van der Waals surface area contributed by atoms with Crippen LogP contribution in [0, 0.1) is 0 Å². The Morgan fingerprint density at radius 3 is 1.21 bits per heavy atom. The van der Waals surface area contributed by atoms with Crippen LogP contribution >= 0.6 is 0 Å². The predicted octanol–water partition coefficient (Wildman–Crippen LogP) is 3.92. The maximum absolute atomic E-state index is 6.62. The van der Waals surface area contributed by atoms with Crippen LogP contribution in [-0.2, 0) is 8.23 Å². The van der Waals surface area contributed by atoms with E-state index in [0.717, 1.165) is 51.1 Å². The summed E-state index contributed by atoms with van der Waals surface area (Å²) in [4.78, 5) is 0. The predicted molar refractivity (Wildman–Crippen MR) is 138 cm³/mol. The van der Waals surface area contributed by atoms with Crippen molar-refractivity contribution in [3.8, 4) is 0 Å². The van der Waals surface area contributed by atoms with Gasteiger partial charge in [-0.3, -0.25) is 0 Å². The lowest BCUT2D eigenvalue weighted by molar-refractivity contribution is 0.386. The zero-order valence-corrected chi connectivity index (χ0v) is 20.5. The van der Waals surface area contributed by atoms with Gasteiger partial charge in [-0.25, -0.2) is 0 Å². The van der Waals surface area contributed by atoms with Crippen molar-refractivity contribution in [1.29, 1.82) is 0 Å². The molecule has 0 spiro atoms. The van der Waals surface area contributed by atoms with Crippen molar-refractivity contribution < 1.29 is 8.23 Å². The quantitative estimate of drug-likeness (QED) is 0.208. The van der Waals surface area contributed by atoms with E-state index in [4.69, 9.17) is 19.7 Å². The maximum atomic E-state index is 6.62. The van der Waals surface area contributed by atoms with Crippen LogP contribution in [0.5, 0.6) is 0 Å². The zero-order valence-electron chi connectivity index (χ0n) is 17.5. The van der Waals surface area contributed by atoms with Gasteiger partial charge in [-0.2, -0.15) is 0 Å². The van der Waals surface area contributed by atoms with Gasteiger partial charge < -0.3 is 30.3 Å². The highest BCUT2D eigenvalue weighted by Crippen LogP contribution is 2.25. The minimum atomic E-state index is -2.08. The third-order valence-corrected chi connectivity index (χ3v) is 15.4. The van der Waals surface area contributed by atoms with E-state index in [-0.39, 0.29) is 22.3 Å². The minimum Gasteiger partial charge on any atom is -0.437 e. The Morgan fingerprint density at radius 2 is 0.929 bits per heavy atom. The summed E-state index contributed by atoms with van der Waals surface area (Å²) in [6, 6.07) is 2.32. The normalized spacial score (nSPS) is 12.0. The van der Waals surface area contributed by atoms with E-state index in [1.165, 1.54) is 0 Å². The fraction of sp³-hybridized carbons (Fsp3) is 1.00. The average Bonchev–Trinajstić information content (AvgIpc) is 2.44. The van der Waals surface area contributed by atoms with Gasteiger partial charge >= 0.3 is 8.56 Å². The molecule has 6 N–H and O–H groups in total. The molecule has 0 aliphatic heterocycles. The van der Waals surface area contributed by atoms with E-state index in [0.29, 0.717) is 13.1 Å². The summed E-state index contributed by atoms with van der Waals surface area (Å²) >= 11 is 0. The van der Waals surface area contributed by atoms with Crippen LogP contribution in [0.15, 0.2) is 0 Å². The second-order valence-electron chi connectivity index (χ2n) is 8.41. The highest BCUT2D eigenvalue weighted by atomic mass is 28.5. The fourth-order valence-corrected chi connectivity index (χ4v) is 17.2. The lowest BCUT2D eigenvalue weighted by atomic mass is 10.5. The van der Waals surface area contributed by atoms with Gasteiger partial charge in [0.05, 0.1) is 0 Å². The van der Waals surface area contributed by atoms with E-state index in [9.17, 15) is 0 Å². The first-order valence-corrected chi connectivity index (χ1v) is 18.8. The van der Waals surface area contributed by atoms with Crippen molar-refractivity contribution in [3.05, 3.63) is 0 Å². The molecule has 0 aliphatic carbocycles. The molecule has 0 rings (SSSR count). The molecule has 0 saturated heterocycles. The first kappa shape index (κ1) is 35.8. The van der Waals surface area contributed by atoms with Crippen LogP contribution in [0.1, 0.15) is 35.1 Å². The lowest BCUT2D eigenvalue weighted by Gasteiger charge is -2.39. The highest BCUT2D eigenvalue weighted by Gasteiger charge is 2.39. The van der Waals surface area contributed by atoms with Gasteiger partial charge in [0.15, 0.2) is 16.6 Å². The summed E-state index contributed by atoms with van der Waals surface area (Å²) in [5, 5.41) is 6.72. The molecular formula is C19H56N4O2Si3. The summed E-state index contributed by atoms with van der Waals surface area (Å²) in [6.45, 7) is 19.0. The number of nitrogens with two attached hydrogens (primary N) is 2. The van der Waals surface area contributed by atoms with Crippen molar-refractivity contribution in [3.63, 3.8) is 0 Å². The van der Waals surface area contributed by atoms with E-state index >= 15 is 0 Å². The van der Waals surface area contributed by atoms with Crippen molar-refractivity contribution in [2.24, 2.45) is 11.5 Å². The monoisotopic (exact) mass is 456 g/mol. The molecule has 0 heterocycles. The Bertz CT molecular complexity index is 317. The van der Waals surface area contributed by atoms with Crippen molar-refractivity contribution in [2.45, 2.75) is 86.5 Å². The summed E-state index contributed by atoms with van der Waals surface area (Å²) in [5.74, 6) is 0. The maximum Gasteiger partial charge on any atom is 0.311 e. The first-order valence-electron chi connectivity index (χ1n) is 9.75. The summed E-state index contributed by atoms with van der Waals surface area (Å²) in [5.41, 5.74) is 11.0. The van der Waals surface area contributed by atoms with E-state index in [1.54, 1.807) is 0 Å². The second kappa shape index (κ2) is 18.2. The SMILES string of the molecule is C.C.C.C[Si](C)(CCCNCCN)O[Si](C)(C)O[Si](C)(C)CCCNCCN. The van der Waals surface area contributed by atoms with E-state index in [2.05, 4.69) is 49.9 Å². The molecular weight excluding hydrogens is 400 g/mol. The molecule has 9 heteroatoms. The van der Waals surface area contributed by atoms with Crippen LogP contribution in [0.4, 0.5) is 0 Å². The molecule has 176 valence electrons. The molecule has 0 aromatic rings. The van der Waals surface area contributed by atoms with Crippen LogP contribution in [-0.4, -0.2) is 64.5 Å². The molecule has 0 atom stereocenters. The fourth-order valence-electron chi connectivity index (χ4n) is 3.19. The molecule has 28 heavy (non-hydrogen) atoms. The molecule has 0 aromatic carbocycles. The second-order valence-corrected chi connectivity index (χ2v) is 20.9. The Kier molecular flexibility index (Phi) is 23.3. The van der Waals surface area contributed by atoms with E-state index in [1.807, 2.05) is 0 Å². The minimum absolute atomic E-state index is 0.